The van der Waals surface area contributed by atoms with Gasteiger partial charge in [-0.2, -0.15) is 11.8 Å². The Kier molecular flexibility index (Phi) is 6.68. The van der Waals surface area contributed by atoms with Crippen molar-refractivity contribution >= 4 is 27.6 Å². The van der Waals surface area contributed by atoms with Gasteiger partial charge in [0.2, 0.25) is 0 Å². The smallest absolute Gasteiger partial charge is 0.193 e. The highest BCUT2D eigenvalue weighted by molar-refractivity contribution is 7.99. The number of guanidine groups is 1. The van der Waals surface area contributed by atoms with Crippen LogP contribution >= 0.6 is 11.8 Å². The van der Waals surface area contributed by atoms with Gasteiger partial charge < -0.3 is 10.2 Å². The molecule has 0 aromatic rings. The molecule has 0 amide bonds. The number of nitrogens with zero attached hydrogens (tertiary/aromatic N) is 3. The van der Waals surface area contributed by atoms with Gasteiger partial charge in [0.15, 0.2) is 15.8 Å². The molecule has 6 nitrogen and oxygen atoms in total. The Morgan fingerprint density at radius 1 is 1.11 bits per heavy atom. The number of hydrogen-bond donors (Lipinski definition) is 1. The Labute approximate surface area is 169 Å². The highest BCUT2D eigenvalue weighted by Gasteiger charge is 2.42. The summed E-state index contributed by atoms with van der Waals surface area (Å²) in [6.07, 6.45) is 6.46. The molecule has 2 heterocycles. The van der Waals surface area contributed by atoms with Crippen molar-refractivity contribution in [1.29, 1.82) is 0 Å². The van der Waals surface area contributed by atoms with Gasteiger partial charge in [-0.3, -0.25) is 9.89 Å². The second kappa shape index (κ2) is 8.49. The van der Waals surface area contributed by atoms with E-state index in [2.05, 4.69) is 31.9 Å². The molecule has 3 rings (SSSR count). The molecule has 0 radical (unpaired) electrons. The minimum absolute atomic E-state index is 0.204. The third-order valence-electron chi connectivity index (χ3n) is 6.60. The average Bonchev–Trinajstić information content (AvgIpc) is 2.66. The van der Waals surface area contributed by atoms with Crippen molar-refractivity contribution in [3.8, 4) is 0 Å². The first-order chi connectivity index (χ1) is 12.8. The van der Waals surface area contributed by atoms with Gasteiger partial charge in [-0.25, -0.2) is 8.42 Å². The van der Waals surface area contributed by atoms with Gasteiger partial charge in [0.25, 0.3) is 0 Å². The number of rotatable bonds is 3. The van der Waals surface area contributed by atoms with Gasteiger partial charge >= 0.3 is 0 Å². The predicted molar refractivity (Wildman–Crippen MR) is 116 cm³/mol. The molecule has 0 aromatic carbocycles. The van der Waals surface area contributed by atoms with E-state index in [1.807, 2.05) is 20.9 Å². The molecule has 2 saturated heterocycles. The van der Waals surface area contributed by atoms with Crippen LogP contribution < -0.4 is 5.32 Å². The van der Waals surface area contributed by atoms with Crippen molar-refractivity contribution in [3.63, 3.8) is 0 Å². The van der Waals surface area contributed by atoms with Crippen LogP contribution in [0.5, 0.6) is 0 Å². The molecule has 0 unspecified atom stereocenters. The lowest BCUT2D eigenvalue weighted by molar-refractivity contribution is 0.0619. The second-order valence-corrected chi connectivity index (χ2v) is 12.8. The van der Waals surface area contributed by atoms with E-state index in [1.165, 1.54) is 56.7 Å². The molecule has 27 heavy (non-hydrogen) atoms. The molecule has 2 aliphatic heterocycles. The van der Waals surface area contributed by atoms with Crippen molar-refractivity contribution in [3.05, 3.63) is 0 Å². The molecule has 0 atom stereocenters. The Morgan fingerprint density at radius 2 is 1.78 bits per heavy atom. The van der Waals surface area contributed by atoms with E-state index in [1.54, 1.807) is 0 Å². The van der Waals surface area contributed by atoms with Crippen LogP contribution in [0.3, 0.4) is 0 Å². The normalized spacial score (nSPS) is 28.7. The summed E-state index contributed by atoms with van der Waals surface area (Å²) in [6, 6.07) is 0. The Morgan fingerprint density at radius 3 is 2.37 bits per heavy atom. The molecule has 1 aliphatic carbocycles. The first-order valence-corrected chi connectivity index (χ1v) is 13.1. The quantitative estimate of drug-likeness (QED) is 0.559. The maximum Gasteiger partial charge on any atom is 0.193 e. The Balaban J connectivity index is 1.68. The standard InChI is InChI=1S/C19H36N4O2S2/c1-18(2)16-22(11-14-27(18,24)25)17(20-3)21-15-19(7-5-4-6-8-19)23-9-12-26-13-10-23/h4-16H2,1-3H3,(H,20,21). The summed E-state index contributed by atoms with van der Waals surface area (Å²) in [4.78, 5) is 9.34. The van der Waals surface area contributed by atoms with Crippen LogP contribution in [-0.2, 0) is 9.84 Å². The fourth-order valence-corrected chi connectivity index (χ4v) is 7.02. The van der Waals surface area contributed by atoms with Crippen LogP contribution in [0.25, 0.3) is 0 Å². The molecule has 0 spiro atoms. The average molecular weight is 417 g/mol. The van der Waals surface area contributed by atoms with Crippen LogP contribution in [0.2, 0.25) is 0 Å². The number of sulfone groups is 1. The van der Waals surface area contributed by atoms with Crippen molar-refractivity contribution in [2.45, 2.75) is 56.2 Å². The monoisotopic (exact) mass is 416 g/mol. The van der Waals surface area contributed by atoms with Gasteiger partial charge in [-0.05, 0) is 26.7 Å². The number of thioether (sulfide) groups is 1. The number of aliphatic imine (C=N–C) groups is 1. The van der Waals surface area contributed by atoms with Gasteiger partial charge in [0.05, 0.1) is 10.5 Å². The molecule has 156 valence electrons. The summed E-state index contributed by atoms with van der Waals surface area (Å²) >= 11 is 2.06. The molecule has 8 heteroatoms. The van der Waals surface area contributed by atoms with Crippen molar-refractivity contribution in [2.75, 3.05) is 57.0 Å². The van der Waals surface area contributed by atoms with E-state index in [4.69, 9.17) is 0 Å². The van der Waals surface area contributed by atoms with Crippen LogP contribution in [0.1, 0.15) is 46.0 Å². The zero-order valence-corrected chi connectivity index (χ0v) is 18.8. The predicted octanol–water partition coefficient (Wildman–Crippen LogP) is 1.82. The molecule has 0 bridgehead atoms. The van der Waals surface area contributed by atoms with E-state index < -0.39 is 14.6 Å². The molecule has 1 N–H and O–H groups in total. The van der Waals surface area contributed by atoms with Crippen molar-refractivity contribution < 1.29 is 8.42 Å². The van der Waals surface area contributed by atoms with E-state index >= 15 is 0 Å². The fourth-order valence-electron chi connectivity index (χ4n) is 4.75. The molecule has 1 saturated carbocycles. The highest BCUT2D eigenvalue weighted by atomic mass is 32.2. The van der Waals surface area contributed by atoms with Crippen LogP contribution in [0, 0.1) is 0 Å². The SMILES string of the molecule is CN=C(NCC1(N2CCSCC2)CCCCC1)N1CCS(=O)(=O)C(C)(C)C1. The van der Waals surface area contributed by atoms with Crippen molar-refractivity contribution in [2.24, 2.45) is 4.99 Å². The van der Waals surface area contributed by atoms with Crippen LogP contribution in [0.15, 0.2) is 4.99 Å². The van der Waals surface area contributed by atoms with E-state index in [-0.39, 0.29) is 11.3 Å². The minimum Gasteiger partial charge on any atom is -0.354 e. The lowest BCUT2D eigenvalue weighted by Gasteiger charge is -2.49. The van der Waals surface area contributed by atoms with Crippen molar-refractivity contribution in [1.82, 2.24) is 15.1 Å². The third kappa shape index (κ3) is 4.58. The lowest BCUT2D eigenvalue weighted by Crippen LogP contribution is -2.62. The lowest BCUT2D eigenvalue weighted by atomic mass is 9.80. The third-order valence-corrected chi connectivity index (χ3v) is 10.1. The topological polar surface area (TPSA) is 65.0 Å². The highest BCUT2D eigenvalue weighted by Crippen LogP contribution is 2.35. The maximum atomic E-state index is 12.3. The molecular formula is C19H36N4O2S2. The van der Waals surface area contributed by atoms with Gasteiger partial charge in [-0.15, -0.1) is 0 Å². The first-order valence-electron chi connectivity index (χ1n) is 10.3. The molecule has 3 fully saturated rings. The maximum absolute atomic E-state index is 12.3. The molecular weight excluding hydrogens is 380 g/mol. The van der Waals surface area contributed by atoms with Crippen LogP contribution in [-0.4, -0.2) is 91.5 Å². The number of hydrogen-bond acceptors (Lipinski definition) is 5. The fraction of sp³-hybridized carbons (Fsp3) is 0.947. The Hall–Kier alpha value is -0.470. The van der Waals surface area contributed by atoms with Gasteiger partial charge in [-0.1, -0.05) is 19.3 Å². The van der Waals surface area contributed by atoms with Gasteiger partial charge in [0.1, 0.15) is 0 Å². The summed E-state index contributed by atoms with van der Waals surface area (Å²) in [6.45, 7) is 7.96. The minimum atomic E-state index is -3.04. The zero-order valence-electron chi connectivity index (χ0n) is 17.2. The summed E-state index contributed by atoms with van der Waals surface area (Å²) < 4.78 is 23.9. The van der Waals surface area contributed by atoms with E-state index in [0.29, 0.717) is 13.1 Å². The van der Waals surface area contributed by atoms with Gasteiger partial charge in [0, 0.05) is 56.8 Å². The van der Waals surface area contributed by atoms with Crippen LogP contribution in [0.4, 0.5) is 0 Å². The largest absolute Gasteiger partial charge is 0.354 e. The summed E-state index contributed by atoms with van der Waals surface area (Å²) in [5.41, 5.74) is 0.229. The Bertz CT molecular complexity index is 636. The van der Waals surface area contributed by atoms with E-state index in [0.717, 1.165) is 12.5 Å². The first kappa shape index (κ1) is 21.2. The molecule has 0 aromatic heterocycles. The second-order valence-electron chi connectivity index (χ2n) is 8.79. The molecule has 3 aliphatic rings. The summed E-state index contributed by atoms with van der Waals surface area (Å²) in [5.74, 6) is 3.52. The summed E-state index contributed by atoms with van der Waals surface area (Å²) in [7, 11) is -1.23. The van der Waals surface area contributed by atoms with E-state index in [9.17, 15) is 8.42 Å². The number of nitrogens with one attached hydrogen (secondary N) is 1. The zero-order chi connectivity index (χ0) is 19.5. The summed E-state index contributed by atoms with van der Waals surface area (Å²) in [5, 5.41) is 3.64.